The molecule has 24 heavy (non-hydrogen) atoms. The number of nitrogens with zero attached hydrogens (tertiary/aromatic N) is 2. The molecule has 0 saturated carbocycles. The summed E-state index contributed by atoms with van der Waals surface area (Å²) in [5, 5.41) is 3.49. The molecule has 0 aliphatic heterocycles. The molecule has 0 unspecified atom stereocenters. The first-order chi connectivity index (χ1) is 11.5. The van der Waals surface area contributed by atoms with E-state index in [1.165, 1.54) is 0 Å². The Balaban J connectivity index is 1.84. The molecule has 1 amide bonds. The fourth-order valence-electron chi connectivity index (χ4n) is 2.30. The highest BCUT2D eigenvalue weighted by atomic mass is 79.9. The summed E-state index contributed by atoms with van der Waals surface area (Å²) < 4.78 is 0.875. The Bertz CT molecular complexity index is 892. The van der Waals surface area contributed by atoms with Gasteiger partial charge in [-0.25, -0.2) is 4.98 Å². The van der Waals surface area contributed by atoms with E-state index in [2.05, 4.69) is 20.9 Å². The number of halogens is 2. The number of carbonyl (C=O) groups excluding carboxylic acids is 1. The van der Waals surface area contributed by atoms with Gasteiger partial charge in [-0.15, -0.1) is 11.3 Å². The standard InChI is InChI=1S/C18H14BrClN2OS/c1-11-10-24-17(21-11)12-3-5-13(6-4-12)18(23)22(2)16-8-7-14(19)9-15(16)20/h3-10H,1-2H3. The van der Waals surface area contributed by atoms with Crippen molar-refractivity contribution in [3.8, 4) is 10.6 Å². The van der Waals surface area contributed by atoms with Gasteiger partial charge in [-0.1, -0.05) is 39.7 Å². The number of anilines is 1. The minimum Gasteiger partial charge on any atom is -0.310 e. The number of amides is 1. The van der Waals surface area contributed by atoms with E-state index in [4.69, 9.17) is 11.6 Å². The third-order valence-electron chi connectivity index (χ3n) is 3.57. The molecule has 0 N–H and O–H groups in total. The average Bonchev–Trinajstić information content (AvgIpc) is 3.00. The lowest BCUT2D eigenvalue weighted by atomic mass is 10.1. The number of hydrogen-bond acceptors (Lipinski definition) is 3. The predicted molar refractivity (Wildman–Crippen MR) is 104 cm³/mol. The van der Waals surface area contributed by atoms with Crippen LogP contribution in [0.5, 0.6) is 0 Å². The van der Waals surface area contributed by atoms with E-state index >= 15 is 0 Å². The monoisotopic (exact) mass is 420 g/mol. The summed E-state index contributed by atoms with van der Waals surface area (Å²) in [5.41, 5.74) is 3.28. The number of hydrogen-bond donors (Lipinski definition) is 0. The minimum absolute atomic E-state index is 0.110. The highest BCUT2D eigenvalue weighted by molar-refractivity contribution is 9.10. The first-order valence-corrected chi connectivity index (χ1v) is 9.26. The van der Waals surface area contributed by atoms with Gasteiger partial charge in [0.1, 0.15) is 5.01 Å². The fraction of sp³-hybridized carbons (Fsp3) is 0.111. The van der Waals surface area contributed by atoms with Gasteiger partial charge in [-0.2, -0.15) is 0 Å². The molecule has 3 rings (SSSR count). The van der Waals surface area contributed by atoms with Crippen molar-refractivity contribution in [2.75, 3.05) is 11.9 Å². The zero-order valence-electron chi connectivity index (χ0n) is 13.1. The molecular formula is C18H14BrClN2OS. The van der Waals surface area contributed by atoms with E-state index in [1.807, 2.05) is 48.7 Å². The SMILES string of the molecule is Cc1csc(-c2ccc(C(=O)N(C)c3ccc(Br)cc3Cl)cc2)n1. The van der Waals surface area contributed by atoms with Crippen molar-refractivity contribution < 1.29 is 4.79 Å². The zero-order chi connectivity index (χ0) is 17.3. The van der Waals surface area contributed by atoms with Crippen LogP contribution in [0.25, 0.3) is 10.6 Å². The fourth-order valence-corrected chi connectivity index (χ4v) is 3.90. The molecule has 0 aliphatic carbocycles. The molecule has 1 aromatic heterocycles. The average molecular weight is 422 g/mol. The summed E-state index contributed by atoms with van der Waals surface area (Å²) in [4.78, 5) is 18.7. The van der Waals surface area contributed by atoms with E-state index in [9.17, 15) is 4.79 Å². The lowest BCUT2D eigenvalue weighted by Crippen LogP contribution is -2.26. The molecule has 0 saturated heterocycles. The summed E-state index contributed by atoms with van der Waals surface area (Å²) in [7, 11) is 1.72. The number of aryl methyl sites for hydroxylation is 1. The summed E-state index contributed by atoms with van der Waals surface area (Å²) in [6.07, 6.45) is 0. The molecule has 2 aromatic carbocycles. The van der Waals surface area contributed by atoms with Gasteiger partial charge in [0.05, 0.1) is 10.7 Å². The summed E-state index contributed by atoms with van der Waals surface area (Å²) in [5.74, 6) is -0.110. The second kappa shape index (κ2) is 7.05. The smallest absolute Gasteiger partial charge is 0.258 e. The Hall–Kier alpha value is -1.69. The quantitative estimate of drug-likeness (QED) is 0.534. The molecule has 0 atom stereocenters. The van der Waals surface area contributed by atoms with Crippen molar-refractivity contribution >= 4 is 50.5 Å². The van der Waals surface area contributed by atoms with Crippen molar-refractivity contribution in [1.82, 2.24) is 4.98 Å². The van der Waals surface area contributed by atoms with Gasteiger partial charge in [0.2, 0.25) is 0 Å². The van der Waals surface area contributed by atoms with Gasteiger partial charge in [-0.05, 0) is 37.3 Å². The van der Waals surface area contributed by atoms with E-state index in [-0.39, 0.29) is 5.91 Å². The highest BCUT2D eigenvalue weighted by Gasteiger charge is 2.16. The maximum Gasteiger partial charge on any atom is 0.258 e. The first kappa shape index (κ1) is 17.1. The Morgan fingerprint density at radius 3 is 2.50 bits per heavy atom. The normalized spacial score (nSPS) is 10.7. The predicted octanol–water partition coefficient (Wildman–Crippen LogP) is 5.81. The molecule has 0 radical (unpaired) electrons. The van der Waals surface area contributed by atoms with Crippen molar-refractivity contribution in [1.29, 1.82) is 0 Å². The summed E-state index contributed by atoms with van der Waals surface area (Å²) >= 11 is 11.2. The number of carbonyl (C=O) groups is 1. The first-order valence-electron chi connectivity index (χ1n) is 7.21. The summed E-state index contributed by atoms with van der Waals surface area (Å²) in [6, 6.07) is 12.9. The largest absolute Gasteiger partial charge is 0.310 e. The maximum absolute atomic E-state index is 12.7. The second-order valence-electron chi connectivity index (χ2n) is 5.33. The Morgan fingerprint density at radius 2 is 1.92 bits per heavy atom. The molecule has 0 fully saturated rings. The van der Waals surface area contributed by atoms with Gasteiger partial charge >= 0.3 is 0 Å². The van der Waals surface area contributed by atoms with Crippen LogP contribution < -0.4 is 4.90 Å². The van der Waals surface area contributed by atoms with E-state index in [1.54, 1.807) is 29.4 Å². The Labute approximate surface area is 158 Å². The molecule has 6 heteroatoms. The molecule has 0 bridgehead atoms. The molecule has 1 heterocycles. The highest BCUT2D eigenvalue weighted by Crippen LogP contribution is 2.29. The van der Waals surface area contributed by atoms with Crippen LogP contribution in [-0.4, -0.2) is 17.9 Å². The van der Waals surface area contributed by atoms with E-state index in [0.717, 1.165) is 20.7 Å². The molecule has 3 aromatic rings. The number of benzene rings is 2. The topological polar surface area (TPSA) is 33.2 Å². The third kappa shape index (κ3) is 3.53. The lowest BCUT2D eigenvalue weighted by Gasteiger charge is -2.19. The number of thiazole rings is 1. The van der Waals surface area contributed by atoms with Gasteiger partial charge in [0, 0.05) is 33.7 Å². The molecule has 3 nitrogen and oxygen atoms in total. The van der Waals surface area contributed by atoms with Gasteiger partial charge < -0.3 is 4.90 Å². The van der Waals surface area contributed by atoms with Crippen LogP contribution in [-0.2, 0) is 0 Å². The molecule has 0 spiro atoms. The molecule has 0 aliphatic rings. The van der Waals surface area contributed by atoms with Crippen LogP contribution in [0.4, 0.5) is 5.69 Å². The maximum atomic E-state index is 12.7. The van der Waals surface area contributed by atoms with Gasteiger partial charge in [0.15, 0.2) is 0 Å². The minimum atomic E-state index is -0.110. The van der Waals surface area contributed by atoms with Crippen LogP contribution in [0, 0.1) is 6.92 Å². The second-order valence-corrected chi connectivity index (χ2v) is 7.51. The Morgan fingerprint density at radius 1 is 1.21 bits per heavy atom. The number of rotatable bonds is 3. The van der Waals surface area contributed by atoms with E-state index in [0.29, 0.717) is 16.3 Å². The van der Waals surface area contributed by atoms with Gasteiger partial charge in [0.25, 0.3) is 5.91 Å². The molecular weight excluding hydrogens is 408 g/mol. The Kier molecular flexibility index (Phi) is 5.04. The van der Waals surface area contributed by atoms with E-state index < -0.39 is 0 Å². The molecule has 122 valence electrons. The van der Waals surface area contributed by atoms with Crippen LogP contribution in [0.15, 0.2) is 52.3 Å². The van der Waals surface area contributed by atoms with Crippen molar-refractivity contribution in [2.24, 2.45) is 0 Å². The van der Waals surface area contributed by atoms with Crippen molar-refractivity contribution in [2.45, 2.75) is 6.92 Å². The van der Waals surface area contributed by atoms with Gasteiger partial charge in [-0.3, -0.25) is 4.79 Å². The van der Waals surface area contributed by atoms with Crippen molar-refractivity contribution in [3.05, 3.63) is 68.6 Å². The summed E-state index contributed by atoms with van der Waals surface area (Å²) in [6.45, 7) is 1.97. The zero-order valence-corrected chi connectivity index (χ0v) is 16.2. The van der Waals surface area contributed by atoms with Crippen LogP contribution in [0.3, 0.4) is 0 Å². The van der Waals surface area contributed by atoms with Crippen LogP contribution in [0.1, 0.15) is 16.1 Å². The van der Waals surface area contributed by atoms with Crippen LogP contribution in [0.2, 0.25) is 5.02 Å². The lowest BCUT2D eigenvalue weighted by molar-refractivity contribution is 0.0993. The van der Waals surface area contributed by atoms with Crippen LogP contribution >= 0.6 is 38.9 Å². The van der Waals surface area contributed by atoms with Crippen molar-refractivity contribution in [3.63, 3.8) is 0 Å². The number of aromatic nitrogens is 1. The third-order valence-corrected chi connectivity index (χ3v) is 5.38.